The summed E-state index contributed by atoms with van der Waals surface area (Å²) in [4.78, 5) is 13.6. The molecule has 1 aromatic rings. The molecular weight excluding hydrogens is 262 g/mol. The van der Waals surface area contributed by atoms with Crippen molar-refractivity contribution < 1.29 is 4.79 Å². The number of nitrogens with zero attached hydrogens (tertiary/aromatic N) is 1. The van der Waals surface area contributed by atoms with Crippen LogP contribution >= 0.6 is 0 Å². The number of hydrogen-bond donors (Lipinski definition) is 2. The van der Waals surface area contributed by atoms with E-state index in [1.807, 2.05) is 24.3 Å². The lowest BCUT2D eigenvalue weighted by Crippen LogP contribution is -2.42. The SMILES string of the molecule is NC(=O)c1ccc(CN2CCC(NCC3CC3)CC2)cc1. The molecular formula is C17H25N3O. The third-order valence-electron chi connectivity index (χ3n) is 4.62. The van der Waals surface area contributed by atoms with E-state index in [1.165, 1.54) is 37.8 Å². The molecule has 1 saturated carbocycles. The topological polar surface area (TPSA) is 58.4 Å². The summed E-state index contributed by atoms with van der Waals surface area (Å²) >= 11 is 0. The van der Waals surface area contributed by atoms with Gasteiger partial charge in [0.1, 0.15) is 0 Å². The van der Waals surface area contributed by atoms with Gasteiger partial charge in [0.05, 0.1) is 0 Å². The molecule has 2 fully saturated rings. The lowest BCUT2D eigenvalue weighted by Gasteiger charge is -2.32. The minimum Gasteiger partial charge on any atom is -0.366 e. The number of piperidine rings is 1. The van der Waals surface area contributed by atoms with Gasteiger partial charge >= 0.3 is 0 Å². The molecule has 3 N–H and O–H groups in total. The van der Waals surface area contributed by atoms with Crippen molar-refractivity contribution in [2.24, 2.45) is 11.7 Å². The fourth-order valence-corrected chi connectivity index (χ4v) is 2.98. The highest BCUT2D eigenvalue weighted by molar-refractivity contribution is 5.92. The Bertz CT molecular complexity index is 473. The van der Waals surface area contributed by atoms with Crippen molar-refractivity contribution in [2.75, 3.05) is 19.6 Å². The van der Waals surface area contributed by atoms with Gasteiger partial charge in [-0.2, -0.15) is 0 Å². The summed E-state index contributed by atoms with van der Waals surface area (Å²) in [6, 6.07) is 8.37. The standard InChI is InChI=1S/C17H25N3O/c18-17(21)15-5-3-14(4-6-15)12-20-9-7-16(8-10-20)19-11-13-1-2-13/h3-6,13,16,19H,1-2,7-12H2,(H2,18,21). The van der Waals surface area contributed by atoms with E-state index in [4.69, 9.17) is 5.73 Å². The van der Waals surface area contributed by atoms with Gasteiger partial charge < -0.3 is 11.1 Å². The largest absolute Gasteiger partial charge is 0.366 e. The number of carbonyl (C=O) groups is 1. The van der Waals surface area contributed by atoms with Gasteiger partial charge in [-0.05, 0) is 68.9 Å². The summed E-state index contributed by atoms with van der Waals surface area (Å²) in [5.41, 5.74) is 7.10. The molecule has 1 saturated heterocycles. The molecule has 1 aromatic carbocycles. The first-order valence-electron chi connectivity index (χ1n) is 8.05. The van der Waals surface area contributed by atoms with Crippen LogP contribution in [0.15, 0.2) is 24.3 Å². The monoisotopic (exact) mass is 287 g/mol. The first-order valence-corrected chi connectivity index (χ1v) is 8.05. The summed E-state index contributed by atoms with van der Waals surface area (Å²) in [5.74, 6) is 0.607. The molecule has 1 amide bonds. The molecule has 0 atom stereocenters. The lowest BCUT2D eigenvalue weighted by atomic mass is 10.0. The zero-order valence-corrected chi connectivity index (χ0v) is 12.6. The molecule has 0 radical (unpaired) electrons. The molecule has 1 aliphatic carbocycles. The Balaban J connectivity index is 1.42. The normalized spacial score (nSPS) is 20.6. The van der Waals surface area contributed by atoms with E-state index in [2.05, 4.69) is 10.2 Å². The number of hydrogen-bond acceptors (Lipinski definition) is 3. The molecule has 0 unspecified atom stereocenters. The third-order valence-corrected chi connectivity index (χ3v) is 4.62. The molecule has 3 rings (SSSR count). The van der Waals surface area contributed by atoms with Gasteiger partial charge in [0.25, 0.3) is 0 Å². The fourth-order valence-electron chi connectivity index (χ4n) is 2.98. The van der Waals surface area contributed by atoms with Crippen LogP contribution in [0.25, 0.3) is 0 Å². The van der Waals surface area contributed by atoms with E-state index in [9.17, 15) is 4.79 Å². The van der Waals surface area contributed by atoms with Crippen LogP contribution in [-0.2, 0) is 6.54 Å². The van der Waals surface area contributed by atoms with E-state index in [0.29, 0.717) is 11.6 Å². The minimum atomic E-state index is -0.357. The predicted molar refractivity (Wildman–Crippen MR) is 84.0 cm³/mol. The Labute approximate surface area is 126 Å². The van der Waals surface area contributed by atoms with Gasteiger partial charge in [0.15, 0.2) is 0 Å². The van der Waals surface area contributed by atoms with Crippen molar-refractivity contribution >= 4 is 5.91 Å². The zero-order valence-electron chi connectivity index (χ0n) is 12.6. The highest BCUT2D eigenvalue weighted by Crippen LogP contribution is 2.28. The van der Waals surface area contributed by atoms with Crippen LogP contribution in [0.5, 0.6) is 0 Å². The summed E-state index contributed by atoms with van der Waals surface area (Å²) in [6.07, 6.45) is 5.33. The highest BCUT2D eigenvalue weighted by atomic mass is 16.1. The zero-order chi connectivity index (χ0) is 14.7. The second kappa shape index (κ2) is 6.58. The van der Waals surface area contributed by atoms with E-state index in [0.717, 1.165) is 25.6 Å². The molecule has 21 heavy (non-hydrogen) atoms. The smallest absolute Gasteiger partial charge is 0.248 e. The molecule has 0 bridgehead atoms. The predicted octanol–water partition coefficient (Wildman–Crippen LogP) is 1.75. The number of likely N-dealkylation sites (tertiary alicyclic amines) is 1. The average Bonchev–Trinajstić information content (AvgIpc) is 3.31. The van der Waals surface area contributed by atoms with Crippen LogP contribution in [0.1, 0.15) is 41.6 Å². The second-order valence-corrected chi connectivity index (χ2v) is 6.46. The molecule has 4 heteroatoms. The summed E-state index contributed by atoms with van der Waals surface area (Å²) in [6.45, 7) is 4.49. The third kappa shape index (κ3) is 4.29. The van der Waals surface area contributed by atoms with Crippen LogP contribution in [0.2, 0.25) is 0 Å². The van der Waals surface area contributed by atoms with Crippen molar-refractivity contribution in [3.63, 3.8) is 0 Å². The molecule has 0 spiro atoms. The fraction of sp³-hybridized carbons (Fsp3) is 0.588. The molecule has 1 heterocycles. The highest BCUT2D eigenvalue weighted by Gasteiger charge is 2.24. The Morgan fingerprint density at radius 3 is 2.38 bits per heavy atom. The van der Waals surface area contributed by atoms with Crippen molar-refractivity contribution in [2.45, 2.75) is 38.3 Å². The van der Waals surface area contributed by atoms with E-state index >= 15 is 0 Å². The van der Waals surface area contributed by atoms with Crippen molar-refractivity contribution in [1.82, 2.24) is 10.2 Å². The molecule has 2 aliphatic rings. The van der Waals surface area contributed by atoms with Gasteiger partial charge in [-0.1, -0.05) is 12.1 Å². The van der Waals surface area contributed by atoms with E-state index < -0.39 is 0 Å². The lowest BCUT2D eigenvalue weighted by molar-refractivity contribution is 0.100. The molecule has 0 aromatic heterocycles. The number of nitrogens with one attached hydrogen (secondary N) is 1. The minimum absolute atomic E-state index is 0.357. The number of rotatable bonds is 6. The number of primary amides is 1. The van der Waals surface area contributed by atoms with Crippen molar-refractivity contribution in [3.05, 3.63) is 35.4 Å². The van der Waals surface area contributed by atoms with Gasteiger partial charge in [-0.25, -0.2) is 0 Å². The molecule has 1 aliphatic heterocycles. The van der Waals surface area contributed by atoms with Gasteiger partial charge in [0.2, 0.25) is 5.91 Å². The summed E-state index contributed by atoms with van der Waals surface area (Å²) in [5, 5.41) is 3.71. The first-order chi connectivity index (χ1) is 10.2. The Kier molecular flexibility index (Phi) is 4.56. The van der Waals surface area contributed by atoms with Gasteiger partial charge in [-0.15, -0.1) is 0 Å². The van der Waals surface area contributed by atoms with Crippen LogP contribution in [0, 0.1) is 5.92 Å². The van der Waals surface area contributed by atoms with Crippen LogP contribution in [0.3, 0.4) is 0 Å². The summed E-state index contributed by atoms with van der Waals surface area (Å²) < 4.78 is 0. The maximum absolute atomic E-state index is 11.1. The van der Waals surface area contributed by atoms with E-state index in [-0.39, 0.29) is 5.91 Å². The average molecular weight is 287 g/mol. The number of amides is 1. The van der Waals surface area contributed by atoms with Gasteiger partial charge in [-0.3, -0.25) is 9.69 Å². The van der Waals surface area contributed by atoms with E-state index in [1.54, 1.807) is 0 Å². The molecule has 4 nitrogen and oxygen atoms in total. The number of benzene rings is 1. The Morgan fingerprint density at radius 1 is 1.14 bits per heavy atom. The molecule has 114 valence electrons. The van der Waals surface area contributed by atoms with Crippen molar-refractivity contribution in [1.29, 1.82) is 0 Å². The first kappa shape index (κ1) is 14.5. The Hall–Kier alpha value is -1.39. The quantitative estimate of drug-likeness (QED) is 0.838. The second-order valence-electron chi connectivity index (χ2n) is 6.46. The maximum atomic E-state index is 11.1. The number of nitrogens with two attached hydrogens (primary N) is 1. The van der Waals surface area contributed by atoms with Gasteiger partial charge in [0, 0.05) is 18.2 Å². The van der Waals surface area contributed by atoms with Crippen LogP contribution < -0.4 is 11.1 Å². The Morgan fingerprint density at radius 2 is 1.81 bits per heavy atom. The van der Waals surface area contributed by atoms with Crippen LogP contribution in [0.4, 0.5) is 0 Å². The van der Waals surface area contributed by atoms with Crippen molar-refractivity contribution in [3.8, 4) is 0 Å². The number of carbonyl (C=O) groups excluding carboxylic acids is 1. The van der Waals surface area contributed by atoms with Crippen LogP contribution in [-0.4, -0.2) is 36.5 Å². The summed E-state index contributed by atoms with van der Waals surface area (Å²) in [7, 11) is 0. The maximum Gasteiger partial charge on any atom is 0.248 e.